The van der Waals surface area contributed by atoms with E-state index in [0.29, 0.717) is 12.0 Å². The molecule has 0 radical (unpaired) electrons. The molecule has 1 saturated heterocycles. The largest absolute Gasteiger partial charge is 0.365 e. The number of nitrogens with zero attached hydrogens (tertiary/aromatic N) is 4. The van der Waals surface area contributed by atoms with Crippen molar-refractivity contribution in [2.75, 3.05) is 25.0 Å². The van der Waals surface area contributed by atoms with Gasteiger partial charge < -0.3 is 10.2 Å². The van der Waals surface area contributed by atoms with E-state index in [1.165, 1.54) is 25.9 Å². The number of likely N-dealkylation sites (tertiary alicyclic amines) is 1. The summed E-state index contributed by atoms with van der Waals surface area (Å²) < 4.78 is 1.92. The fourth-order valence-corrected chi connectivity index (χ4v) is 2.97. The lowest BCUT2D eigenvalue weighted by Gasteiger charge is -2.21. The minimum atomic E-state index is 0.388. The van der Waals surface area contributed by atoms with E-state index >= 15 is 0 Å². The van der Waals surface area contributed by atoms with E-state index in [-0.39, 0.29) is 0 Å². The van der Waals surface area contributed by atoms with Crippen molar-refractivity contribution in [3.63, 3.8) is 0 Å². The average molecular weight is 287 g/mol. The van der Waals surface area contributed by atoms with Crippen LogP contribution in [-0.4, -0.2) is 45.2 Å². The molecule has 0 spiro atoms. The molecule has 2 aromatic heterocycles. The highest BCUT2D eigenvalue weighted by Gasteiger charge is 2.16. The van der Waals surface area contributed by atoms with Crippen molar-refractivity contribution in [3.8, 4) is 0 Å². The Morgan fingerprint density at radius 2 is 2.00 bits per heavy atom. The molecule has 0 aliphatic carbocycles. The van der Waals surface area contributed by atoms with Crippen LogP contribution in [0.15, 0.2) is 18.5 Å². The van der Waals surface area contributed by atoms with Crippen molar-refractivity contribution < 1.29 is 0 Å². The van der Waals surface area contributed by atoms with E-state index < -0.39 is 0 Å². The van der Waals surface area contributed by atoms with Crippen LogP contribution in [0.25, 0.3) is 5.52 Å². The summed E-state index contributed by atoms with van der Waals surface area (Å²) in [6.45, 7) is 10.1. The summed E-state index contributed by atoms with van der Waals surface area (Å²) in [6, 6.07) is 2.53. The third-order valence-electron chi connectivity index (χ3n) is 4.11. The molecule has 5 heteroatoms. The predicted molar refractivity (Wildman–Crippen MR) is 85.8 cm³/mol. The highest BCUT2D eigenvalue weighted by Crippen LogP contribution is 2.20. The van der Waals surface area contributed by atoms with Gasteiger partial charge in [0.25, 0.3) is 0 Å². The SMILES string of the molecule is CC(CN1CCCC1)Nc1nccn2nc(C(C)C)cc12. The van der Waals surface area contributed by atoms with Crippen LogP contribution in [0.4, 0.5) is 5.82 Å². The van der Waals surface area contributed by atoms with Crippen LogP contribution in [0.2, 0.25) is 0 Å². The molecular formula is C16H25N5. The quantitative estimate of drug-likeness (QED) is 0.918. The van der Waals surface area contributed by atoms with Crippen LogP contribution >= 0.6 is 0 Å². The fourth-order valence-electron chi connectivity index (χ4n) is 2.97. The highest BCUT2D eigenvalue weighted by molar-refractivity contribution is 5.68. The summed E-state index contributed by atoms with van der Waals surface area (Å²) in [6.07, 6.45) is 6.40. The first-order chi connectivity index (χ1) is 10.1. The molecule has 2 aromatic rings. The molecule has 1 N–H and O–H groups in total. The Kier molecular flexibility index (Phi) is 4.10. The van der Waals surface area contributed by atoms with Gasteiger partial charge in [0.05, 0.1) is 5.69 Å². The van der Waals surface area contributed by atoms with Gasteiger partial charge >= 0.3 is 0 Å². The Morgan fingerprint density at radius 3 is 2.71 bits per heavy atom. The number of hydrogen-bond acceptors (Lipinski definition) is 4. The highest BCUT2D eigenvalue weighted by atomic mass is 15.2. The van der Waals surface area contributed by atoms with E-state index in [1.807, 2.05) is 16.9 Å². The zero-order valence-corrected chi connectivity index (χ0v) is 13.2. The summed E-state index contributed by atoms with van der Waals surface area (Å²) in [5, 5.41) is 8.16. The van der Waals surface area contributed by atoms with Crippen LogP contribution < -0.4 is 5.32 Å². The fraction of sp³-hybridized carbons (Fsp3) is 0.625. The molecule has 1 fully saturated rings. The smallest absolute Gasteiger partial charge is 0.152 e. The Morgan fingerprint density at radius 1 is 1.24 bits per heavy atom. The van der Waals surface area contributed by atoms with Crippen molar-refractivity contribution in [2.24, 2.45) is 0 Å². The average Bonchev–Trinajstić information content (AvgIpc) is 3.07. The molecule has 0 bridgehead atoms. The van der Waals surface area contributed by atoms with E-state index in [1.54, 1.807) is 0 Å². The first-order valence-electron chi connectivity index (χ1n) is 7.96. The normalized spacial score (nSPS) is 17.7. The lowest BCUT2D eigenvalue weighted by Crippen LogP contribution is -2.33. The lowest BCUT2D eigenvalue weighted by molar-refractivity contribution is 0.327. The van der Waals surface area contributed by atoms with Gasteiger partial charge in [-0.2, -0.15) is 5.10 Å². The number of fused-ring (bicyclic) bond motifs is 1. The molecule has 1 aliphatic rings. The van der Waals surface area contributed by atoms with Gasteiger partial charge in [-0.25, -0.2) is 9.50 Å². The van der Waals surface area contributed by atoms with E-state index in [0.717, 1.165) is 23.6 Å². The van der Waals surface area contributed by atoms with Gasteiger partial charge in [0, 0.05) is 25.0 Å². The molecule has 114 valence electrons. The van der Waals surface area contributed by atoms with Gasteiger partial charge in [-0.15, -0.1) is 0 Å². The Hall–Kier alpha value is -1.62. The van der Waals surface area contributed by atoms with E-state index in [4.69, 9.17) is 0 Å². The number of hydrogen-bond donors (Lipinski definition) is 1. The van der Waals surface area contributed by atoms with Crippen LogP contribution in [0.3, 0.4) is 0 Å². The Labute approximate surface area is 126 Å². The van der Waals surface area contributed by atoms with Crippen LogP contribution in [0.1, 0.15) is 45.2 Å². The monoisotopic (exact) mass is 287 g/mol. The van der Waals surface area contributed by atoms with Crippen LogP contribution in [0, 0.1) is 0 Å². The molecule has 5 nitrogen and oxygen atoms in total. The Balaban J connectivity index is 1.76. The zero-order valence-electron chi connectivity index (χ0n) is 13.2. The summed E-state index contributed by atoms with van der Waals surface area (Å²) in [5.74, 6) is 1.36. The number of rotatable bonds is 5. The molecule has 1 atom stereocenters. The maximum Gasteiger partial charge on any atom is 0.152 e. The van der Waals surface area contributed by atoms with E-state index in [9.17, 15) is 0 Å². The van der Waals surface area contributed by atoms with Crippen molar-refractivity contribution in [3.05, 3.63) is 24.2 Å². The molecule has 1 aliphatic heterocycles. The molecular weight excluding hydrogens is 262 g/mol. The van der Waals surface area contributed by atoms with Crippen molar-refractivity contribution in [2.45, 2.75) is 45.6 Å². The van der Waals surface area contributed by atoms with E-state index in [2.05, 4.69) is 47.1 Å². The van der Waals surface area contributed by atoms with Crippen molar-refractivity contribution in [1.82, 2.24) is 19.5 Å². The number of nitrogens with one attached hydrogen (secondary N) is 1. The predicted octanol–water partition coefficient (Wildman–Crippen LogP) is 2.75. The minimum Gasteiger partial charge on any atom is -0.365 e. The van der Waals surface area contributed by atoms with Gasteiger partial charge in [0.15, 0.2) is 5.82 Å². The second-order valence-electron chi connectivity index (χ2n) is 6.38. The van der Waals surface area contributed by atoms with Crippen molar-refractivity contribution in [1.29, 1.82) is 0 Å². The van der Waals surface area contributed by atoms with Gasteiger partial charge in [-0.3, -0.25) is 0 Å². The summed E-state index contributed by atoms with van der Waals surface area (Å²) in [5.41, 5.74) is 2.17. The van der Waals surface area contributed by atoms with Crippen LogP contribution in [-0.2, 0) is 0 Å². The third-order valence-corrected chi connectivity index (χ3v) is 4.11. The van der Waals surface area contributed by atoms with Crippen LogP contribution in [0.5, 0.6) is 0 Å². The molecule has 1 unspecified atom stereocenters. The van der Waals surface area contributed by atoms with Gasteiger partial charge in [0.2, 0.25) is 0 Å². The van der Waals surface area contributed by atoms with Gasteiger partial charge in [-0.05, 0) is 44.8 Å². The molecule has 0 saturated carbocycles. The molecule has 0 amide bonds. The molecule has 21 heavy (non-hydrogen) atoms. The first-order valence-corrected chi connectivity index (χ1v) is 7.96. The minimum absolute atomic E-state index is 0.388. The lowest BCUT2D eigenvalue weighted by atomic mass is 10.1. The molecule has 3 heterocycles. The second-order valence-corrected chi connectivity index (χ2v) is 6.38. The summed E-state index contributed by atoms with van der Waals surface area (Å²) >= 11 is 0. The second kappa shape index (κ2) is 6.02. The number of anilines is 1. The van der Waals surface area contributed by atoms with Gasteiger partial charge in [-0.1, -0.05) is 13.8 Å². The number of aromatic nitrogens is 3. The first kappa shape index (κ1) is 14.3. The maximum absolute atomic E-state index is 4.61. The van der Waals surface area contributed by atoms with Gasteiger partial charge in [0.1, 0.15) is 5.52 Å². The standard InChI is InChI=1S/C16H25N5/c1-12(2)14-10-15-16(17-6-9-21(15)19-14)18-13(3)11-20-7-4-5-8-20/h6,9-10,12-13H,4-5,7-8,11H2,1-3H3,(H,17,18). The molecule has 3 rings (SSSR count). The Bertz CT molecular complexity index is 598. The van der Waals surface area contributed by atoms with Crippen molar-refractivity contribution >= 4 is 11.3 Å². The molecule has 0 aromatic carbocycles. The topological polar surface area (TPSA) is 45.5 Å². The summed E-state index contributed by atoms with van der Waals surface area (Å²) in [7, 11) is 0. The summed E-state index contributed by atoms with van der Waals surface area (Å²) in [4.78, 5) is 7.03. The maximum atomic E-state index is 4.61. The zero-order chi connectivity index (χ0) is 14.8. The third kappa shape index (κ3) is 3.18.